The van der Waals surface area contributed by atoms with E-state index in [2.05, 4.69) is 10.6 Å². The van der Waals surface area contributed by atoms with Crippen molar-refractivity contribution >= 4 is 17.5 Å². The smallest absolute Gasteiger partial charge is 0.244 e. The Morgan fingerprint density at radius 3 is 2.78 bits per heavy atom. The van der Waals surface area contributed by atoms with Crippen molar-refractivity contribution in [3.05, 3.63) is 29.8 Å². The van der Waals surface area contributed by atoms with Gasteiger partial charge in [0, 0.05) is 18.8 Å². The minimum Gasteiger partial charge on any atom is -0.333 e. The van der Waals surface area contributed by atoms with Crippen LogP contribution in [0, 0.1) is 12.8 Å². The third-order valence-electron chi connectivity index (χ3n) is 4.20. The predicted molar refractivity (Wildman–Crippen MR) is 92.3 cm³/mol. The number of hydrogen-bond donors (Lipinski definition) is 2. The molecule has 23 heavy (non-hydrogen) atoms. The molecule has 0 spiro atoms. The molecule has 1 fully saturated rings. The summed E-state index contributed by atoms with van der Waals surface area (Å²) in [4.78, 5) is 26.7. The summed E-state index contributed by atoms with van der Waals surface area (Å²) in [5, 5.41) is 6.17. The second-order valence-corrected chi connectivity index (χ2v) is 6.17. The number of rotatable bonds is 6. The van der Waals surface area contributed by atoms with Gasteiger partial charge in [-0.1, -0.05) is 25.1 Å². The van der Waals surface area contributed by atoms with E-state index in [0.717, 1.165) is 43.6 Å². The van der Waals surface area contributed by atoms with Gasteiger partial charge in [-0.25, -0.2) is 0 Å². The van der Waals surface area contributed by atoms with Crippen molar-refractivity contribution in [2.45, 2.75) is 33.1 Å². The number of benzene rings is 1. The average Bonchev–Trinajstić information content (AvgIpc) is 2.57. The highest BCUT2D eigenvalue weighted by Gasteiger charge is 2.26. The van der Waals surface area contributed by atoms with Crippen LogP contribution >= 0.6 is 0 Å². The molecule has 1 unspecified atom stereocenters. The number of carbonyl (C=O) groups excluding carboxylic acids is 2. The fraction of sp³-hybridized carbons (Fsp3) is 0.556. The molecule has 2 amide bonds. The molecule has 5 heteroatoms. The second-order valence-electron chi connectivity index (χ2n) is 6.17. The highest BCUT2D eigenvalue weighted by Crippen LogP contribution is 2.15. The third kappa shape index (κ3) is 5.06. The highest BCUT2D eigenvalue weighted by molar-refractivity contribution is 5.95. The fourth-order valence-electron chi connectivity index (χ4n) is 2.93. The molecule has 0 bridgehead atoms. The summed E-state index contributed by atoms with van der Waals surface area (Å²) in [7, 11) is 0. The van der Waals surface area contributed by atoms with E-state index in [-0.39, 0.29) is 24.3 Å². The van der Waals surface area contributed by atoms with E-state index in [4.69, 9.17) is 0 Å². The minimum absolute atomic E-state index is 0.00145. The zero-order chi connectivity index (χ0) is 16.7. The molecule has 1 saturated heterocycles. The molecule has 5 nitrogen and oxygen atoms in total. The van der Waals surface area contributed by atoms with Crippen LogP contribution in [0.25, 0.3) is 0 Å². The van der Waals surface area contributed by atoms with Gasteiger partial charge in [0.1, 0.15) is 0 Å². The molecule has 2 N–H and O–H groups in total. The first kappa shape index (κ1) is 17.5. The van der Waals surface area contributed by atoms with Crippen LogP contribution in [-0.2, 0) is 9.59 Å². The maximum atomic E-state index is 12.6. The number of nitrogens with one attached hydrogen (secondary N) is 2. The maximum absolute atomic E-state index is 12.6. The van der Waals surface area contributed by atoms with Crippen LogP contribution in [0.2, 0.25) is 0 Å². The molecule has 0 aromatic heterocycles. The van der Waals surface area contributed by atoms with Crippen LogP contribution < -0.4 is 10.6 Å². The van der Waals surface area contributed by atoms with E-state index in [0.29, 0.717) is 6.54 Å². The van der Waals surface area contributed by atoms with Crippen LogP contribution in [0.4, 0.5) is 5.69 Å². The van der Waals surface area contributed by atoms with Crippen molar-refractivity contribution in [1.82, 2.24) is 10.2 Å². The van der Waals surface area contributed by atoms with E-state index < -0.39 is 0 Å². The summed E-state index contributed by atoms with van der Waals surface area (Å²) < 4.78 is 0. The molecule has 0 radical (unpaired) electrons. The summed E-state index contributed by atoms with van der Waals surface area (Å²) >= 11 is 0. The van der Waals surface area contributed by atoms with Crippen molar-refractivity contribution in [3.63, 3.8) is 0 Å². The van der Waals surface area contributed by atoms with Gasteiger partial charge in [0.15, 0.2) is 0 Å². The number of anilines is 1. The van der Waals surface area contributed by atoms with Crippen molar-refractivity contribution in [3.8, 4) is 0 Å². The number of carbonyl (C=O) groups is 2. The van der Waals surface area contributed by atoms with Gasteiger partial charge >= 0.3 is 0 Å². The molecule has 1 aliphatic heterocycles. The lowest BCUT2D eigenvalue weighted by Gasteiger charge is -2.29. The quantitative estimate of drug-likeness (QED) is 0.845. The van der Waals surface area contributed by atoms with Crippen LogP contribution in [-0.4, -0.2) is 42.9 Å². The first-order valence-electron chi connectivity index (χ1n) is 8.46. The highest BCUT2D eigenvalue weighted by atomic mass is 16.2. The predicted octanol–water partition coefficient (Wildman–Crippen LogP) is 2.17. The number of amides is 2. The van der Waals surface area contributed by atoms with Gasteiger partial charge in [-0.15, -0.1) is 0 Å². The van der Waals surface area contributed by atoms with E-state index in [1.165, 1.54) is 0 Å². The second kappa shape index (κ2) is 8.67. The molecule has 2 rings (SSSR count). The lowest BCUT2D eigenvalue weighted by molar-refractivity contribution is -0.138. The molecular weight excluding hydrogens is 290 g/mol. The maximum Gasteiger partial charge on any atom is 0.244 e. The van der Waals surface area contributed by atoms with Crippen LogP contribution in [0.15, 0.2) is 24.3 Å². The van der Waals surface area contributed by atoms with E-state index in [1.807, 2.05) is 38.1 Å². The molecule has 1 heterocycles. The van der Waals surface area contributed by atoms with E-state index in [1.54, 1.807) is 4.90 Å². The first-order chi connectivity index (χ1) is 11.1. The molecule has 1 aromatic rings. The molecule has 1 aromatic carbocycles. The lowest BCUT2D eigenvalue weighted by atomic mass is 9.98. The Bertz CT molecular complexity index is 539. The summed E-state index contributed by atoms with van der Waals surface area (Å²) in [5.41, 5.74) is 1.83. The standard InChI is InChI=1S/C18H27N3O2/c1-3-11-21(18(23)15-8-6-10-19-12-15)13-17(22)20-16-9-5-4-7-14(16)2/h4-5,7,9,15,19H,3,6,8,10-13H2,1-2H3,(H,20,22). The van der Waals surface area contributed by atoms with Gasteiger partial charge in [0.25, 0.3) is 0 Å². The Kier molecular flexibility index (Phi) is 6.59. The fourth-order valence-corrected chi connectivity index (χ4v) is 2.93. The summed E-state index contributed by atoms with van der Waals surface area (Å²) in [6.45, 7) is 6.43. The Morgan fingerprint density at radius 1 is 1.35 bits per heavy atom. The number of piperidine rings is 1. The van der Waals surface area contributed by atoms with Gasteiger partial charge in [0.2, 0.25) is 11.8 Å². The van der Waals surface area contributed by atoms with Crippen molar-refractivity contribution in [2.75, 3.05) is 31.5 Å². The SMILES string of the molecule is CCCN(CC(=O)Nc1ccccc1C)C(=O)C1CCCNC1. The Hall–Kier alpha value is -1.88. The topological polar surface area (TPSA) is 61.4 Å². The molecular formula is C18H27N3O2. The zero-order valence-corrected chi connectivity index (χ0v) is 14.1. The van der Waals surface area contributed by atoms with Crippen LogP contribution in [0.3, 0.4) is 0 Å². The number of hydrogen-bond acceptors (Lipinski definition) is 3. The van der Waals surface area contributed by atoms with Crippen molar-refractivity contribution in [2.24, 2.45) is 5.92 Å². The van der Waals surface area contributed by atoms with Gasteiger partial charge in [-0.3, -0.25) is 9.59 Å². The van der Waals surface area contributed by atoms with Crippen LogP contribution in [0.1, 0.15) is 31.7 Å². The average molecular weight is 317 g/mol. The first-order valence-corrected chi connectivity index (χ1v) is 8.46. The monoisotopic (exact) mass is 317 g/mol. The van der Waals surface area contributed by atoms with Crippen LogP contribution in [0.5, 0.6) is 0 Å². The molecule has 0 saturated carbocycles. The van der Waals surface area contributed by atoms with E-state index in [9.17, 15) is 9.59 Å². The Labute approximate surface area is 138 Å². The van der Waals surface area contributed by atoms with Gasteiger partial charge < -0.3 is 15.5 Å². The van der Waals surface area contributed by atoms with Crippen molar-refractivity contribution in [1.29, 1.82) is 0 Å². The zero-order valence-electron chi connectivity index (χ0n) is 14.1. The van der Waals surface area contributed by atoms with Gasteiger partial charge in [-0.05, 0) is 44.4 Å². The molecule has 0 aliphatic carbocycles. The van der Waals surface area contributed by atoms with Gasteiger partial charge in [0.05, 0.1) is 12.5 Å². The Balaban J connectivity index is 1.96. The summed E-state index contributed by atoms with van der Waals surface area (Å²) in [5.74, 6) is -0.0367. The lowest BCUT2D eigenvalue weighted by Crippen LogP contribution is -2.46. The third-order valence-corrected chi connectivity index (χ3v) is 4.20. The minimum atomic E-state index is -0.134. The van der Waals surface area contributed by atoms with Crippen molar-refractivity contribution < 1.29 is 9.59 Å². The normalized spacial score (nSPS) is 17.6. The molecule has 126 valence electrons. The molecule has 1 aliphatic rings. The molecule has 1 atom stereocenters. The largest absolute Gasteiger partial charge is 0.333 e. The number of aryl methyl sites for hydroxylation is 1. The number of nitrogens with zero attached hydrogens (tertiary/aromatic N) is 1. The number of para-hydroxylation sites is 1. The summed E-state index contributed by atoms with van der Waals surface area (Å²) in [6.07, 6.45) is 2.78. The van der Waals surface area contributed by atoms with Gasteiger partial charge in [-0.2, -0.15) is 0 Å². The van der Waals surface area contributed by atoms with E-state index >= 15 is 0 Å². The Morgan fingerprint density at radius 2 is 2.13 bits per heavy atom. The summed E-state index contributed by atoms with van der Waals surface area (Å²) in [6, 6.07) is 7.67.